The number of nitrogens with two attached hydrogens (primary N) is 1. The van der Waals surface area contributed by atoms with Crippen molar-refractivity contribution in [3.63, 3.8) is 0 Å². The molecule has 1 heterocycles. The van der Waals surface area contributed by atoms with Gasteiger partial charge in [-0.3, -0.25) is 0 Å². The van der Waals surface area contributed by atoms with E-state index in [9.17, 15) is 13.2 Å². The minimum absolute atomic E-state index is 0.0381. The van der Waals surface area contributed by atoms with Gasteiger partial charge in [0.15, 0.2) is 5.82 Å². The molecule has 1 aromatic carbocycles. The highest BCUT2D eigenvalue weighted by Crippen LogP contribution is 2.33. The van der Waals surface area contributed by atoms with Gasteiger partial charge >= 0.3 is 6.18 Å². The summed E-state index contributed by atoms with van der Waals surface area (Å²) in [5.41, 5.74) is 4.63. The Morgan fingerprint density at radius 1 is 1.16 bits per heavy atom. The molecule has 19 heavy (non-hydrogen) atoms. The molecule has 0 radical (unpaired) electrons. The molecular weight excluding hydrogens is 259 g/mol. The predicted octanol–water partition coefficient (Wildman–Crippen LogP) is 2.66. The number of ether oxygens (including phenoxy) is 1. The topological polar surface area (TPSA) is 61.0 Å². The van der Waals surface area contributed by atoms with Gasteiger partial charge in [0.05, 0.1) is 11.3 Å². The Morgan fingerprint density at radius 2 is 1.84 bits per heavy atom. The van der Waals surface area contributed by atoms with Crippen LogP contribution in [0, 0.1) is 0 Å². The molecule has 7 heteroatoms. The Balaban J connectivity index is 2.10. The van der Waals surface area contributed by atoms with Gasteiger partial charge in [0.25, 0.3) is 0 Å². The molecule has 2 N–H and O–H groups in total. The maximum Gasteiger partial charge on any atom is 0.416 e. The molecule has 0 aliphatic carbocycles. The molecule has 100 valence electrons. The van der Waals surface area contributed by atoms with Crippen LogP contribution in [-0.4, -0.2) is 9.97 Å². The van der Waals surface area contributed by atoms with Gasteiger partial charge in [-0.1, -0.05) is 0 Å². The van der Waals surface area contributed by atoms with Gasteiger partial charge < -0.3 is 10.5 Å². The summed E-state index contributed by atoms with van der Waals surface area (Å²) in [4.78, 5) is 7.85. The van der Waals surface area contributed by atoms with Crippen molar-refractivity contribution in [2.45, 2.75) is 12.8 Å². The number of alkyl halides is 3. The van der Waals surface area contributed by atoms with Crippen LogP contribution in [0.3, 0.4) is 0 Å². The van der Waals surface area contributed by atoms with E-state index in [-0.39, 0.29) is 18.0 Å². The number of anilines is 1. The zero-order valence-corrected chi connectivity index (χ0v) is 9.69. The van der Waals surface area contributed by atoms with Crippen LogP contribution in [-0.2, 0) is 12.8 Å². The fourth-order valence-corrected chi connectivity index (χ4v) is 1.40. The Bertz CT molecular complexity index is 558. The summed E-state index contributed by atoms with van der Waals surface area (Å²) in [6.07, 6.45) is -1.33. The Kier molecular flexibility index (Phi) is 3.55. The van der Waals surface area contributed by atoms with Crippen molar-refractivity contribution < 1.29 is 17.9 Å². The van der Waals surface area contributed by atoms with E-state index >= 15 is 0 Å². The van der Waals surface area contributed by atoms with Gasteiger partial charge in [0.2, 0.25) is 0 Å². The van der Waals surface area contributed by atoms with E-state index in [1.807, 2.05) is 0 Å². The molecule has 0 bridgehead atoms. The zero-order chi connectivity index (χ0) is 13.9. The molecule has 0 fully saturated rings. The number of nitrogen functional groups attached to an aromatic ring is 1. The molecule has 2 aromatic rings. The van der Waals surface area contributed by atoms with Crippen LogP contribution in [0.5, 0.6) is 5.75 Å². The van der Waals surface area contributed by atoms with Gasteiger partial charge in [-0.2, -0.15) is 13.2 Å². The first-order chi connectivity index (χ1) is 8.97. The molecule has 0 saturated carbocycles. The van der Waals surface area contributed by atoms with Crippen LogP contribution >= 0.6 is 0 Å². The van der Waals surface area contributed by atoms with Crippen LogP contribution in [0.15, 0.2) is 36.7 Å². The highest BCUT2D eigenvalue weighted by molar-refractivity contribution is 5.54. The molecule has 0 unspecified atom stereocenters. The number of hydrogen-bond donors (Lipinski definition) is 1. The maximum atomic E-state index is 12.4. The van der Waals surface area contributed by atoms with Crippen molar-refractivity contribution in [3.05, 3.63) is 48.0 Å². The summed E-state index contributed by atoms with van der Waals surface area (Å²) >= 11 is 0. The van der Waals surface area contributed by atoms with E-state index in [1.54, 1.807) is 18.5 Å². The van der Waals surface area contributed by atoms with Crippen LogP contribution < -0.4 is 10.5 Å². The maximum absolute atomic E-state index is 12.4. The number of aromatic nitrogens is 2. The Morgan fingerprint density at radius 3 is 2.42 bits per heavy atom. The molecule has 4 nitrogen and oxygen atoms in total. The van der Waals surface area contributed by atoms with Crippen LogP contribution in [0.4, 0.5) is 18.9 Å². The van der Waals surface area contributed by atoms with Crippen molar-refractivity contribution in [2.24, 2.45) is 0 Å². The summed E-state index contributed by atoms with van der Waals surface area (Å²) in [6, 6.07) is 4.58. The lowest BCUT2D eigenvalue weighted by molar-refractivity contribution is -0.137. The van der Waals surface area contributed by atoms with E-state index in [2.05, 4.69) is 9.97 Å². The van der Waals surface area contributed by atoms with E-state index in [4.69, 9.17) is 10.5 Å². The quantitative estimate of drug-likeness (QED) is 0.870. The third-order valence-corrected chi connectivity index (χ3v) is 2.31. The second-order valence-corrected chi connectivity index (χ2v) is 3.70. The molecule has 0 aliphatic rings. The van der Waals surface area contributed by atoms with Gasteiger partial charge in [-0.25, -0.2) is 9.97 Å². The fourth-order valence-electron chi connectivity index (χ4n) is 1.40. The van der Waals surface area contributed by atoms with Gasteiger partial charge in [-0.05, 0) is 24.3 Å². The summed E-state index contributed by atoms with van der Waals surface area (Å²) in [7, 11) is 0. The molecule has 0 atom stereocenters. The Labute approximate surface area is 107 Å². The standard InChI is InChI=1S/C12H10F3N3O/c13-12(14,15)8-2-3-10(9(16)6-8)19-7-11-17-4-1-5-18-11/h1-6H,7,16H2. The first-order valence-corrected chi connectivity index (χ1v) is 5.32. The molecular formula is C12H10F3N3O. The van der Waals surface area contributed by atoms with Crippen molar-refractivity contribution >= 4 is 5.69 Å². The highest BCUT2D eigenvalue weighted by atomic mass is 19.4. The monoisotopic (exact) mass is 269 g/mol. The summed E-state index contributed by atoms with van der Waals surface area (Å²) < 4.78 is 42.6. The van der Waals surface area contributed by atoms with E-state index in [0.29, 0.717) is 5.82 Å². The number of nitrogens with zero attached hydrogens (tertiary/aromatic N) is 2. The predicted molar refractivity (Wildman–Crippen MR) is 62.2 cm³/mol. The summed E-state index contributed by atoms with van der Waals surface area (Å²) in [5, 5.41) is 0. The van der Waals surface area contributed by atoms with Gasteiger partial charge in [0, 0.05) is 12.4 Å². The largest absolute Gasteiger partial charge is 0.483 e. The first-order valence-electron chi connectivity index (χ1n) is 5.32. The number of halogens is 3. The van der Waals surface area contributed by atoms with Gasteiger partial charge in [0.1, 0.15) is 12.4 Å². The highest BCUT2D eigenvalue weighted by Gasteiger charge is 2.30. The lowest BCUT2D eigenvalue weighted by Gasteiger charge is -2.11. The average Bonchev–Trinajstić information content (AvgIpc) is 2.37. The van der Waals surface area contributed by atoms with E-state index < -0.39 is 11.7 Å². The number of hydrogen-bond acceptors (Lipinski definition) is 4. The lowest BCUT2D eigenvalue weighted by Crippen LogP contribution is -2.07. The number of benzene rings is 1. The second-order valence-electron chi connectivity index (χ2n) is 3.70. The van der Waals surface area contributed by atoms with Crippen molar-refractivity contribution in [1.29, 1.82) is 0 Å². The minimum atomic E-state index is -4.42. The number of rotatable bonds is 3. The molecule has 1 aromatic heterocycles. The SMILES string of the molecule is Nc1cc(C(F)(F)F)ccc1OCc1ncccn1. The molecule has 0 amide bonds. The van der Waals surface area contributed by atoms with Gasteiger partial charge in [-0.15, -0.1) is 0 Å². The van der Waals surface area contributed by atoms with Crippen molar-refractivity contribution in [1.82, 2.24) is 9.97 Å². The first kappa shape index (κ1) is 13.1. The van der Waals surface area contributed by atoms with E-state index in [1.165, 1.54) is 6.07 Å². The van der Waals surface area contributed by atoms with Crippen LogP contribution in [0.1, 0.15) is 11.4 Å². The third kappa shape index (κ3) is 3.34. The minimum Gasteiger partial charge on any atom is -0.483 e. The fraction of sp³-hybridized carbons (Fsp3) is 0.167. The second kappa shape index (κ2) is 5.13. The van der Waals surface area contributed by atoms with Crippen LogP contribution in [0.2, 0.25) is 0 Å². The zero-order valence-electron chi connectivity index (χ0n) is 9.69. The smallest absolute Gasteiger partial charge is 0.416 e. The third-order valence-electron chi connectivity index (χ3n) is 2.31. The lowest BCUT2D eigenvalue weighted by atomic mass is 10.2. The summed E-state index contributed by atoms with van der Waals surface area (Å²) in [6.45, 7) is 0.0381. The van der Waals surface area contributed by atoms with E-state index in [0.717, 1.165) is 12.1 Å². The van der Waals surface area contributed by atoms with Crippen molar-refractivity contribution in [3.8, 4) is 5.75 Å². The molecule has 0 saturated heterocycles. The van der Waals surface area contributed by atoms with Crippen LogP contribution in [0.25, 0.3) is 0 Å². The summed E-state index contributed by atoms with van der Waals surface area (Å²) in [5.74, 6) is 0.585. The molecule has 2 rings (SSSR count). The molecule has 0 spiro atoms. The Hall–Kier alpha value is -2.31. The average molecular weight is 269 g/mol. The molecule has 0 aliphatic heterocycles. The van der Waals surface area contributed by atoms with Crippen molar-refractivity contribution in [2.75, 3.05) is 5.73 Å². The normalized spacial score (nSPS) is 11.3.